The van der Waals surface area contributed by atoms with E-state index in [1.807, 2.05) is 17.6 Å². The fourth-order valence-corrected chi connectivity index (χ4v) is 3.03. The summed E-state index contributed by atoms with van der Waals surface area (Å²) in [5.41, 5.74) is 1.97. The molecule has 0 aliphatic rings. The van der Waals surface area contributed by atoms with Crippen molar-refractivity contribution in [2.24, 2.45) is 0 Å². The van der Waals surface area contributed by atoms with Crippen molar-refractivity contribution < 1.29 is 4.74 Å². The molecule has 0 spiro atoms. The Morgan fingerprint density at radius 3 is 3.26 bits per heavy atom. The number of hydrogen-bond donors (Lipinski definition) is 1. The van der Waals surface area contributed by atoms with Crippen molar-refractivity contribution in [1.82, 2.24) is 14.3 Å². The van der Waals surface area contributed by atoms with E-state index in [-0.39, 0.29) is 0 Å². The molecule has 3 rings (SSSR count). The highest BCUT2D eigenvalue weighted by atomic mass is 32.1. The number of ether oxygens (including phenoxy) is 1. The Hall–Kier alpha value is -1.57. The van der Waals surface area contributed by atoms with E-state index >= 15 is 0 Å². The van der Waals surface area contributed by atoms with E-state index in [0.29, 0.717) is 12.4 Å². The Balaban J connectivity index is 1.81. The number of nitrogens with zero attached hydrogens (tertiary/aromatic N) is 3. The average molecular weight is 292 g/mol. The van der Waals surface area contributed by atoms with Crippen LogP contribution in [0.1, 0.15) is 0 Å². The molecular formula is C12H12N4OS2. The summed E-state index contributed by atoms with van der Waals surface area (Å²) >= 11 is 3.02. The van der Waals surface area contributed by atoms with Gasteiger partial charge in [0.2, 0.25) is 5.13 Å². The second kappa shape index (κ2) is 5.60. The van der Waals surface area contributed by atoms with Crippen LogP contribution in [0.5, 0.6) is 0 Å². The quantitative estimate of drug-likeness (QED) is 0.733. The zero-order chi connectivity index (χ0) is 13.1. The van der Waals surface area contributed by atoms with E-state index in [9.17, 15) is 0 Å². The lowest BCUT2D eigenvalue weighted by atomic mass is 10.2. The molecule has 0 fully saturated rings. The zero-order valence-corrected chi connectivity index (χ0v) is 11.9. The van der Waals surface area contributed by atoms with Crippen molar-refractivity contribution in [2.45, 2.75) is 0 Å². The van der Waals surface area contributed by atoms with Crippen LogP contribution in [0.25, 0.3) is 21.6 Å². The highest BCUT2D eigenvalue weighted by Gasteiger charge is 2.08. The van der Waals surface area contributed by atoms with E-state index < -0.39 is 0 Å². The molecule has 0 aliphatic heterocycles. The van der Waals surface area contributed by atoms with Gasteiger partial charge in [0.15, 0.2) is 5.82 Å². The Labute approximate surface area is 118 Å². The maximum atomic E-state index is 4.98. The maximum absolute atomic E-state index is 4.98. The van der Waals surface area contributed by atoms with Crippen LogP contribution in [-0.4, -0.2) is 34.6 Å². The highest BCUT2D eigenvalue weighted by molar-refractivity contribution is 7.17. The molecule has 3 aromatic heterocycles. The van der Waals surface area contributed by atoms with Crippen LogP contribution in [0.4, 0.5) is 5.13 Å². The van der Waals surface area contributed by atoms with Crippen molar-refractivity contribution in [3.63, 3.8) is 0 Å². The van der Waals surface area contributed by atoms with Crippen LogP contribution in [-0.2, 0) is 4.74 Å². The van der Waals surface area contributed by atoms with E-state index in [0.717, 1.165) is 27.5 Å². The summed E-state index contributed by atoms with van der Waals surface area (Å²) in [7, 11) is 1.68. The molecule has 0 amide bonds. The van der Waals surface area contributed by atoms with Gasteiger partial charge in [-0.05, 0) is 17.5 Å². The van der Waals surface area contributed by atoms with Crippen LogP contribution in [0.15, 0.2) is 23.7 Å². The molecule has 5 nitrogen and oxygen atoms in total. The molecule has 0 unspecified atom stereocenters. The van der Waals surface area contributed by atoms with Gasteiger partial charge in [-0.1, -0.05) is 0 Å². The number of pyridine rings is 1. The summed E-state index contributed by atoms with van der Waals surface area (Å²) in [6, 6.07) is 4.09. The van der Waals surface area contributed by atoms with Crippen LogP contribution < -0.4 is 5.32 Å². The third-order valence-corrected chi connectivity index (χ3v) is 4.10. The number of fused-ring (bicyclic) bond motifs is 1. The van der Waals surface area contributed by atoms with Crippen molar-refractivity contribution in [1.29, 1.82) is 0 Å². The van der Waals surface area contributed by atoms with Crippen LogP contribution >= 0.6 is 22.9 Å². The molecule has 3 heterocycles. The van der Waals surface area contributed by atoms with Crippen LogP contribution in [0, 0.1) is 0 Å². The first-order valence-corrected chi connectivity index (χ1v) is 7.42. The van der Waals surface area contributed by atoms with E-state index in [2.05, 4.69) is 25.7 Å². The Bertz CT molecular complexity index is 679. The van der Waals surface area contributed by atoms with Crippen molar-refractivity contribution in [2.75, 3.05) is 25.6 Å². The van der Waals surface area contributed by atoms with Gasteiger partial charge in [-0.15, -0.1) is 11.3 Å². The Morgan fingerprint density at radius 2 is 2.37 bits per heavy atom. The fourth-order valence-electron chi connectivity index (χ4n) is 1.64. The summed E-state index contributed by atoms with van der Waals surface area (Å²) in [5, 5.41) is 6.01. The molecule has 0 atom stereocenters. The van der Waals surface area contributed by atoms with Gasteiger partial charge in [0.05, 0.1) is 16.8 Å². The summed E-state index contributed by atoms with van der Waals surface area (Å²) < 4.78 is 10.5. The monoisotopic (exact) mass is 292 g/mol. The minimum Gasteiger partial charge on any atom is -0.383 e. The molecule has 0 bridgehead atoms. The van der Waals surface area contributed by atoms with Gasteiger partial charge in [-0.3, -0.25) is 4.98 Å². The summed E-state index contributed by atoms with van der Waals surface area (Å²) in [5.74, 6) is 0.715. The molecular weight excluding hydrogens is 280 g/mol. The lowest BCUT2D eigenvalue weighted by Crippen LogP contribution is -2.06. The van der Waals surface area contributed by atoms with Gasteiger partial charge in [0.25, 0.3) is 0 Å². The summed E-state index contributed by atoms with van der Waals surface area (Å²) in [6.45, 7) is 1.38. The predicted molar refractivity (Wildman–Crippen MR) is 78.9 cm³/mol. The summed E-state index contributed by atoms with van der Waals surface area (Å²) in [4.78, 5) is 8.85. The number of hydrogen-bond acceptors (Lipinski definition) is 7. The highest BCUT2D eigenvalue weighted by Crippen LogP contribution is 2.26. The largest absolute Gasteiger partial charge is 0.383 e. The molecule has 19 heavy (non-hydrogen) atoms. The topological polar surface area (TPSA) is 59.9 Å². The van der Waals surface area contributed by atoms with Crippen LogP contribution in [0.3, 0.4) is 0 Å². The summed E-state index contributed by atoms with van der Waals surface area (Å²) in [6.07, 6.45) is 1.82. The van der Waals surface area contributed by atoms with Gasteiger partial charge >= 0.3 is 0 Å². The Morgan fingerprint density at radius 1 is 1.42 bits per heavy atom. The lowest BCUT2D eigenvalue weighted by Gasteiger charge is -1.99. The second-order valence-electron chi connectivity index (χ2n) is 3.87. The first-order chi connectivity index (χ1) is 9.36. The van der Waals surface area contributed by atoms with Gasteiger partial charge in [-0.2, -0.15) is 9.36 Å². The molecule has 7 heteroatoms. The number of methoxy groups -OCH3 is 1. The SMILES string of the molecule is COCCNc1nc(-c2cnc3ccsc3c2)ns1. The Kier molecular flexibility index (Phi) is 3.67. The van der Waals surface area contributed by atoms with Gasteiger partial charge < -0.3 is 10.1 Å². The first kappa shape index (κ1) is 12.5. The molecule has 0 saturated carbocycles. The minimum absolute atomic E-state index is 0.650. The van der Waals surface area contributed by atoms with Gasteiger partial charge in [0, 0.05) is 36.9 Å². The average Bonchev–Trinajstić information content (AvgIpc) is 3.06. The lowest BCUT2D eigenvalue weighted by molar-refractivity contribution is 0.211. The first-order valence-electron chi connectivity index (χ1n) is 5.77. The molecule has 3 aromatic rings. The number of rotatable bonds is 5. The zero-order valence-electron chi connectivity index (χ0n) is 10.3. The van der Waals surface area contributed by atoms with Crippen molar-refractivity contribution >= 4 is 38.2 Å². The van der Waals surface area contributed by atoms with Gasteiger partial charge in [0.1, 0.15) is 0 Å². The minimum atomic E-state index is 0.650. The standard InChI is InChI=1S/C12H12N4OS2/c1-17-4-3-13-12-15-11(16-19-12)8-6-10-9(14-7-8)2-5-18-10/h2,5-7H,3-4H2,1H3,(H,13,15,16). The molecule has 98 valence electrons. The fraction of sp³-hybridized carbons (Fsp3) is 0.250. The van der Waals surface area contributed by atoms with Crippen molar-refractivity contribution in [3.05, 3.63) is 23.7 Å². The number of anilines is 1. The number of aromatic nitrogens is 3. The normalized spacial score (nSPS) is 11.0. The van der Waals surface area contributed by atoms with Crippen molar-refractivity contribution in [3.8, 4) is 11.4 Å². The van der Waals surface area contributed by atoms with E-state index in [1.54, 1.807) is 18.4 Å². The second-order valence-corrected chi connectivity index (χ2v) is 5.57. The molecule has 0 aliphatic carbocycles. The predicted octanol–water partition coefficient (Wildman–Crippen LogP) is 2.87. The van der Waals surface area contributed by atoms with E-state index in [1.165, 1.54) is 11.5 Å². The van der Waals surface area contributed by atoms with Crippen LogP contribution in [0.2, 0.25) is 0 Å². The third kappa shape index (κ3) is 2.73. The number of nitrogens with one attached hydrogen (secondary N) is 1. The molecule has 0 aromatic carbocycles. The smallest absolute Gasteiger partial charge is 0.202 e. The molecule has 0 saturated heterocycles. The van der Waals surface area contributed by atoms with Gasteiger partial charge in [-0.25, -0.2) is 0 Å². The molecule has 0 radical (unpaired) electrons. The number of thiophene rings is 1. The molecule has 1 N–H and O–H groups in total. The third-order valence-electron chi connectivity index (χ3n) is 2.57. The maximum Gasteiger partial charge on any atom is 0.202 e. The van der Waals surface area contributed by atoms with E-state index in [4.69, 9.17) is 4.74 Å².